The highest BCUT2D eigenvalue weighted by atomic mass is 35.5. The lowest BCUT2D eigenvalue weighted by Gasteiger charge is -2.10. The van der Waals surface area contributed by atoms with E-state index in [1.807, 2.05) is 32.0 Å². The lowest BCUT2D eigenvalue weighted by Crippen LogP contribution is -2.04. The van der Waals surface area contributed by atoms with Gasteiger partial charge in [0.2, 0.25) is 0 Å². The molecule has 0 aliphatic heterocycles. The molecule has 1 aromatic rings. The van der Waals surface area contributed by atoms with Crippen LogP contribution < -0.4 is 5.32 Å². The van der Waals surface area contributed by atoms with Crippen LogP contribution in [0.15, 0.2) is 29.3 Å². The standard InChI is InChI=1S/C11H13Cl2N/c1-8(6-12)7-14-11-9(2)4-3-5-10(11)13/h3-6,14H,7H2,1-2H3/b8-6-. The van der Waals surface area contributed by atoms with E-state index in [0.717, 1.165) is 21.8 Å². The van der Waals surface area contributed by atoms with E-state index in [1.165, 1.54) is 0 Å². The van der Waals surface area contributed by atoms with Gasteiger partial charge in [0.05, 0.1) is 10.7 Å². The second-order valence-electron chi connectivity index (χ2n) is 3.24. The molecule has 3 heteroatoms. The predicted molar refractivity (Wildman–Crippen MR) is 64.3 cm³/mol. The molecule has 0 fully saturated rings. The average molecular weight is 230 g/mol. The van der Waals surface area contributed by atoms with Gasteiger partial charge >= 0.3 is 0 Å². The summed E-state index contributed by atoms with van der Waals surface area (Å²) < 4.78 is 0. The fourth-order valence-corrected chi connectivity index (χ4v) is 1.49. The van der Waals surface area contributed by atoms with E-state index in [9.17, 15) is 0 Å². The van der Waals surface area contributed by atoms with Crippen molar-refractivity contribution in [1.82, 2.24) is 0 Å². The minimum Gasteiger partial charge on any atom is -0.380 e. The van der Waals surface area contributed by atoms with Crippen LogP contribution in [0.3, 0.4) is 0 Å². The lowest BCUT2D eigenvalue weighted by molar-refractivity contribution is 1.20. The van der Waals surface area contributed by atoms with E-state index in [4.69, 9.17) is 23.2 Å². The Kier molecular flexibility index (Phi) is 4.30. The molecule has 0 aliphatic rings. The van der Waals surface area contributed by atoms with Crippen molar-refractivity contribution in [2.75, 3.05) is 11.9 Å². The van der Waals surface area contributed by atoms with Crippen LogP contribution in [0, 0.1) is 6.92 Å². The van der Waals surface area contributed by atoms with E-state index in [0.29, 0.717) is 6.54 Å². The van der Waals surface area contributed by atoms with Gasteiger partial charge in [-0.1, -0.05) is 35.3 Å². The molecule has 1 aromatic carbocycles. The number of aryl methyl sites for hydroxylation is 1. The molecule has 0 spiro atoms. The van der Waals surface area contributed by atoms with Crippen molar-refractivity contribution in [3.8, 4) is 0 Å². The first-order valence-electron chi connectivity index (χ1n) is 4.40. The number of para-hydroxylation sites is 1. The number of hydrogen-bond acceptors (Lipinski definition) is 1. The predicted octanol–water partition coefficient (Wildman–Crippen LogP) is 4.20. The molecule has 0 aromatic heterocycles. The number of nitrogens with one attached hydrogen (secondary N) is 1. The van der Waals surface area contributed by atoms with Crippen LogP contribution in [0.1, 0.15) is 12.5 Å². The largest absolute Gasteiger partial charge is 0.380 e. The zero-order valence-corrected chi connectivity index (χ0v) is 9.78. The molecule has 0 unspecified atom stereocenters. The number of anilines is 1. The third-order valence-corrected chi connectivity index (χ3v) is 2.64. The molecule has 0 atom stereocenters. The summed E-state index contributed by atoms with van der Waals surface area (Å²) in [7, 11) is 0. The Balaban J connectivity index is 2.76. The quantitative estimate of drug-likeness (QED) is 0.820. The Morgan fingerprint density at radius 1 is 1.50 bits per heavy atom. The SMILES string of the molecule is C/C(=C/Cl)CNc1c(C)cccc1Cl. The van der Waals surface area contributed by atoms with Crippen LogP contribution in [0.25, 0.3) is 0 Å². The summed E-state index contributed by atoms with van der Waals surface area (Å²) in [4.78, 5) is 0. The van der Waals surface area contributed by atoms with Gasteiger partial charge in [0.25, 0.3) is 0 Å². The molecule has 0 saturated carbocycles. The Morgan fingerprint density at radius 2 is 2.21 bits per heavy atom. The number of halogens is 2. The van der Waals surface area contributed by atoms with Crippen molar-refractivity contribution in [2.24, 2.45) is 0 Å². The summed E-state index contributed by atoms with van der Waals surface area (Å²) in [6.07, 6.45) is 0. The van der Waals surface area contributed by atoms with Crippen molar-refractivity contribution in [2.45, 2.75) is 13.8 Å². The molecule has 1 nitrogen and oxygen atoms in total. The maximum atomic E-state index is 6.04. The Morgan fingerprint density at radius 3 is 2.79 bits per heavy atom. The van der Waals surface area contributed by atoms with E-state index < -0.39 is 0 Å². The van der Waals surface area contributed by atoms with Gasteiger partial charge in [0.1, 0.15) is 0 Å². The zero-order chi connectivity index (χ0) is 10.6. The molecule has 0 amide bonds. The summed E-state index contributed by atoms with van der Waals surface area (Å²) >= 11 is 11.6. The van der Waals surface area contributed by atoms with E-state index in [2.05, 4.69) is 5.32 Å². The van der Waals surface area contributed by atoms with Gasteiger partial charge in [0.15, 0.2) is 0 Å². The van der Waals surface area contributed by atoms with Crippen molar-refractivity contribution < 1.29 is 0 Å². The average Bonchev–Trinajstić information content (AvgIpc) is 2.16. The molecule has 0 heterocycles. The minimum absolute atomic E-state index is 0.716. The van der Waals surface area contributed by atoms with Gasteiger partial charge in [-0.2, -0.15) is 0 Å². The number of rotatable bonds is 3. The van der Waals surface area contributed by atoms with Gasteiger partial charge < -0.3 is 5.32 Å². The summed E-state index contributed by atoms with van der Waals surface area (Å²) in [5.74, 6) is 0. The highest BCUT2D eigenvalue weighted by Gasteiger charge is 2.01. The molecule has 76 valence electrons. The minimum atomic E-state index is 0.716. The number of hydrogen-bond donors (Lipinski definition) is 1. The highest BCUT2D eigenvalue weighted by Crippen LogP contribution is 2.25. The lowest BCUT2D eigenvalue weighted by atomic mass is 10.2. The maximum Gasteiger partial charge on any atom is 0.0640 e. The fourth-order valence-electron chi connectivity index (χ4n) is 1.12. The molecular formula is C11H13Cl2N. The Hall–Kier alpha value is -0.660. The first-order valence-corrected chi connectivity index (χ1v) is 5.21. The first-order chi connectivity index (χ1) is 6.65. The van der Waals surface area contributed by atoms with E-state index in [-0.39, 0.29) is 0 Å². The van der Waals surface area contributed by atoms with Crippen LogP contribution >= 0.6 is 23.2 Å². The van der Waals surface area contributed by atoms with Gasteiger partial charge in [-0.05, 0) is 31.1 Å². The third kappa shape index (κ3) is 2.93. The third-order valence-electron chi connectivity index (χ3n) is 1.95. The Bertz CT molecular complexity index is 325. The topological polar surface area (TPSA) is 12.0 Å². The summed E-state index contributed by atoms with van der Waals surface area (Å²) in [6.45, 7) is 4.70. The second-order valence-corrected chi connectivity index (χ2v) is 3.87. The fraction of sp³-hybridized carbons (Fsp3) is 0.273. The van der Waals surface area contributed by atoms with Crippen LogP contribution in [-0.2, 0) is 0 Å². The molecule has 0 bridgehead atoms. The molecule has 14 heavy (non-hydrogen) atoms. The molecule has 0 saturated heterocycles. The molecule has 0 radical (unpaired) electrons. The number of benzene rings is 1. The van der Waals surface area contributed by atoms with Crippen molar-refractivity contribution in [3.05, 3.63) is 39.9 Å². The summed E-state index contributed by atoms with van der Waals surface area (Å²) in [6, 6.07) is 5.83. The van der Waals surface area contributed by atoms with Gasteiger partial charge in [0, 0.05) is 12.1 Å². The Labute approximate surface area is 94.7 Å². The molecule has 1 N–H and O–H groups in total. The van der Waals surface area contributed by atoms with Gasteiger partial charge in [-0.25, -0.2) is 0 Å². The van der Waals surface area contributed by atoms with Gasteiger partial charge in [-0.3, -0.25) is 0 Å². The van der Waals surface area contributed by atoms with Crippen LogP contribution in [0.2, 0.25) is 5.02 Å². The van der Waals surface area contributed by atoms with E-state index in [1.54, 1.807) is 5.54 Å². The van der Waals surface area contributed by atoms with Crippen molar-refractivity contribution in [3.63, 3.8) is 0 Å². The smallest absolute Gasteiger partial charge is 0.0640 e. The van der Waals surface area contributed by atoms with Crippen LogP contribution in [0.4, 0.5) is 5.69 Å². The second kappa shape index (κ2) is 5.28. The van der Waals surface area contributed by atoms with Crippen LogP contribution in [-0.4, -0.2) is 6.54 Å². The summed E-state index contributed by atoms with van der Waals surface area (Å²) in [5.41, 5.74) is 4.76. The van der Waals surface area contributed by atoms with Crippen molar-refractivity contribution in [1.29, 1.82) is 0 Å². The first kappa shape index (κ1) is 11.4. The zero-order valence-electron chi connectivity index (χ0n) is 8.27. The maximum absolute atomic E-state index is 6.04. The summed E-state index contributed by atoms with van der Waals surface area (Å²) in [5, 5.41) is 3.99. The monoisotopic (exact) mass is 229 g/mol. The molecular weight excluding hydrogens is 217 g/mol. The normalized spacial score (nSPS) is 11.6. The highest BCUT2D eigenvalue weighted by molar-refractivity contribution is 6.33. The molecule has 1 rings (SSSR count). The van der Waals surface area contributed by atoms with Gasteiger partial charge in [-0.15, -0.1) is 0 Å². The van der Waals surface area contributed by atoms with E-state index >= 15 is 0 Å². The molecule has 0 aliphatic carbocycles. The van der Waals surface area contributed by atoms with Crippen LogP contribution in [0.5, 0.6) is 0 Å². The van der Waals surface area contributed by atoms with Crippen molar-refractivity contribution >= 4 is 28.9 Å².